The van der Waals surface area contributed by atoms with E-state index in [1.54, 1.807) is 13.0 Å². The van der Waals surface area contributed by atoms with Crippen LogP contribution in [-0.4, -0.2) is 25.8 Å². The number of hydrogen-bond acceptors (Lipinski definition) is 6. The lowest BCUT2D eigenvalue weighted by molar-refractivity contribution is -0.116. The van der Waals surface area contributed by atoms with Gasteiger partial charge in [-0.05, 0) is 25.1 Å². The molecule has 1 N–H and O–H groups in total. The Labute approximate surface area is 171 Å². The number of para-hydroxylation sites is 1. The van der Waals surface area contributed by atoms with Crippen molar-refractivity contribution in [1.29, 1.82) is 0 Å². The molecule has 3 aromatic heterocycles. The quantitative estimate of drug-likeness (QED) is 0.473. The maximum Gasteiger partial charge on any atom is 0.250 e. The fraction of sp³-hybridized carbons (Fsp3) is 0.0909. The van der Waals surface area contributed by atoms with Crippen LogP contribution >= 0.6 is 0 Å². The lowest BCUT2D eigenvalue weighted by atomic mass is 10.2. The fourth-order valence-corrected chi connectivity index (χ4v) is 3.34. The van der Waals surface area contributed by atoms with Gasteiger partial charge in [0.15, 0.2) is 5.82 Å². The van der Waals surface area contributed by atoms with Crippen molar-refractivity contribution >= 4 is 22.6 Å². The molecular weight excluding hydrogens is 382 g/mol. The van der Waals surface area contributed by atoms with E-state index in [0.29, 0.717) is 23.4 Å². The van der Waals surface area contributed by atoms with E-state index in [2.05, 4.69) is 20.7 Å². The van der Waals surface area contributed by atoms with Crippen molar-refractivity contribution in [3.8, 4) is 22.9 Å². The largest absolute Gasteiger partial charge is 0.416 e. The first-order valence-corrected chi connectivity index (χ1v) is 9.38. The van der Waals surface area contributed by atoms with Crippen molar-refractivity contribution in [3.05, 3.63) is 72.6 Å². The Morgan fingerprint density at radius 1 is 1.03 bits per heavy atom. The average molecular weight is 399 g/mol. The second-order valence-electron chi connectivity index (χ2n) is 6.84. The fourth-order valence-electron chi connectivity index (χ4n) is 3.34. The molecule has 0 aliphatic heterocycles. The highest BCUT2D eigenvalue weighted by Crippen LogP contribution is 2.31. The Balaban J connectivity index is 1.47. The molecule has 5 aromatic rings. The first kappa shape index (κ1) is 17.9. The Morgan fingerprint density at radius 3 is 2.60 bits per heavy atom. The van der Waals surface area contributed by atoms with E-state index in [4.69, 9.17) is 8.94 Å². The van der Waals surface area contributed by atoms with Gasteiger partial charge in [0.25, 0.3) is 0 Å². The smallest absolute Gasteiger partial charge is 0.250 e. The minimum Gasteiger partial charge on any atom is -0.416 e. The molecule has 0 aliphatic rings. The topological polar surface area (TPSA) is 99.0 Å². The highest BCUT2D eigenvalue weighted by atomic mass is 16.5. The number of carbonyl (C=O) groups is 1. The zero-order valence-electron chi connectivity index (χ0n) is 16.1. The van der Waals surface area contributed by atoms with E-state index in [1.807, 2.05) is 65.4 Å². The lowest BCUT2D eigenvalue weighted by Gasteiger charge is -2.04. The number of nitrogens with zero attached hydrogens (tertiary/aromatic N) is 4. The first-order valence-electron chi connectivity index (χ1n) is 9.38. The number of anilines is 1. The summed E-state index contributed by atoms with van der Waals surface area (Å²) in [5, 5.41) is 15.8. The van der Waals surface area contributed by atoms with Crippen molar-refractivity contribution < 1.29 is 13.7 Å². The standard InChI is InChI=1S/C22H17N5O3/c1-14-11-19(26-30-14)23-20(28)13-27-12-17(16-9-5-6-10-18(16)27)22-25-24-21(29-22)15-7-3-2-4-8-15/h2-12H,13H2,1H3,(H,23,26,28). The number of amides is 1. The van der Waals surface area contributed by atoms with Gasteiger partial charge in [0.05, 0.1) is 5.56 Å². The van der Waals surface area contributed by atoms with Crippen LogP contribution in [0.15, 0.2) is 75.8 Å². The molecule has 8 heteroatoms. The molecular formula is C22H17N5O3. The molecule has 0 spiro atoms. The molecule has 0 atom stereocenters. The monoisotopic (exact) mass is 399 g/mol. The van der Waals surface area contributed by atoms with Crippen molar-refractivity contribution in [3.63, 3.8) is 0 Å². The number of fused-ring (bicyclic) bond motifs is 1. The van der Waals surface area contributed by atoms with Gasteiger partial charge in [-0.3, -0.25) is 4.79 Å². The van der Waals surface area contributed by atoms with E-state index >= 15 is 0 Å². The molecule has 5 rings (SSSR count). The van der Waals surface area contributed by atoms with Gasteiger partial charge in [-0.25, -0.2) is 0 Å². The summed E-state index contributed by atoms with van der Waals surface area (Å²) in [4.78, 5) is 12.5. The molecule has 1 amide bonds. The summed E-state index contributed by atoms with van der Waals surface area (Å²) in [5.74, 6) is 1.65. The zero-order chi connectivity index (χ0) is 20.5. The third-order valence-corrected chi connectivity index (χ3v) is 4.67. The molecule has 0 unspecified atom stereocenters. The van der Waals surface area contributed by atoms with E-state index in [9.17, 15) is 4.79 Å². The zero-order valence-corrected chi connectivity index (χ0v) is 16.1. The number of carbonyl (C=O) groups excluding carboxylic acids is 1. The van der Waals surface area contributed by atoms with Gasteiger partial charge in [0.2, 0.25) is 17.7 Å². The third kappa shape index (κ3) is 3.35. The van der Waals surface area contributed by atoms with E-state index in [1.165, 1.54) is 0 Å². The Bertz CT molecular complexity index is 1330. The molecule has 0 fully saturated rings. The summed E-state index contributed by atoms with van der Waals surface area (Å²) in [7, 11) is 0. The number of hydrogen-bond donors (Lipinski definition) is 1. The molecule has 30 heavy (non-hydrogen) atoms. The number of benzene rings is 2. The van der Waals surface area contributed by atoms with Crippen LogP contribution in [-0.2, 0) is 11.3 Å². The van der Waals surface area contributed by atoms with Crippen LogP contribution in [0.5, 0.6) is 0 Å². The molecule has 148 valence electrons. The van der Waals surface area contributed by atoms with Gasteiger partial charge < -0.3 is 18.8 Å². The van der Waals surface area contributed by atoms with Crippen LogP contribution in [0.3, 0.4) is 0 Å². The van der Waals surface area contributed by atoms with Gasteiger partial charge in [0.1, 0.15) is 12.3 Å². The number of aromatic nitrogens is 4. The maximum absolute atomic E-state index is 12.5. The van der Waals surface area contributed by atoms with Crippen LogP contribution in [0.25, 0.3) is 33.8 Å². The lowest BCUT2D eigenvalue weighted by Crippen LogP contribution is -2.18. The third-order valence-electron chi connectivity index (χ3n) is 4.67. The minimum atomic E-state index is -0.217. The van der Waals surface area contributed by atoms with Gasteiger partial charge in [-0.2, -0.15) is 0 Å². The predicted molar refractivity (Wildman–Crippen MR) is 111 cm³/mol. The SMILES string of the molecule is Cc1cc(NC(=O)Cn2cc(-c3nnc(-c4ccccc4)o3)c3ccccc32)no1. The van der Waals surface area contributed by atoms with E-state index in [-0.39, 0.29) is 12.5 Å². The Kier molecular flexibility index (Phi) is 4.36. The van der Waals surface area contributed by atoms with Crippen LogP contribution in [0.2, 0.25) is 0 Å². The van der Waals surface area contributed by atoms with E-state index in [0.717, 1.165) is 22.0 Å². The van der Waals surface area contributed by atoms with Gasteiger partial charge in [-0.15, -0.1) is 10.2 Å². The Morgan fingerprint density at radius 2 is 1.80 bits per heavy atom. The molecule has 0 saturated carbocycles. The van der Waals surface area contributed by atoms with Gasteiger partial charge >= 0.3 is 0 Å². The molecule has 0 aliphatic carbocycles. The highest BCUT2D eigenvalue weighted by Gasteiger charge is 2.18. The van der Waals surface area contributed by atoms with E-state index < -0.39 is 0 Å². The van der Waals surface area contributed by atoms with Crippen molar-refractivity contribution in [2.45, 2.75) is 13.5 Å². The molecule has 0 saturated heterocycles. The predicted octanol–water partition coefficient (Wildman–Crippen LogP) is 4.29. The highest BCUT2D eigenvalue weighted by molar-refractivity contribution is 5.96. The van der Waals surface area contributed by atoms with Crippen LogP contribution < -0.4 is 5.32 Å². The number of rotatable bonds is 5. The summed E-state index contributed by atoms with van der Waals surface area (Å²) >= 11 is 0. The maximum atomic E-state index is 12.5. The summed E-state index contributed by atoms with van der Waals surface area (Å²) in [6.07, 6.45) is 1.85. The van der Waals surface area contributed by atoms with Crippen LogP contribution in [0, 0.1) is 6.92 Å². The minimum absolute atomic E-state index is 0.103. The molecule has 0 radical (unpaired) electrons. The molecule has 3 heterocycles. The summed E-state index contributed by atoms with van der Waals surface area (Å²) in [6.45, 7) is 1.87. The first-order chi connectivity index (χ1) is 14.7. The van der Waals surface area contributed by atoms with Gasteiger partial charge in [-0.1, -0.05) is 41.6 Å². The summed E-state index contributed by atoms with van der Waals surface area (Å²) in [5.41, 5.74) is 2.51. The molecule has 0 bridgehead atoms. The second kappa shape index (κ2) is 7.32. The number of aryl methyl sites for hydroxylation is 1. The molecule has 2 aromatic carbocycles. The summed E-state index contributed by atoms with van der Waals surface area (Å²) in [6, 6.07) is 19.0. The van der Waals surface area contributed by atoms with Crippen LogP contribution in [0.4, 0.5) is 5.82 Å². The van der Waals surface area contributed by atoms with Gasteiger partial charge in [0, 0.05) is 28.7 Å². The number of nitrogens with one attached hydrogen (secondary N) is 1. The van der Waals surface area contributed by atoms with Crippen molar-refractivity contribution in [1.82, 2.24) is 19.9 Å². The normalized spacial score (nSPS) is 11.1. The van der Waals surface area contributed by atoms with Crippen molar-refractivity contribution in [2.75, 3.05) is 5.32 Å². The second-order valence-corrected chi connectivity index (χ2v) is 6.84. The summed E-state index contributed by atoms with van der Waals surface area (Å²) < 4.78 is 12.8. The Hall–Kier alpha value is -4.20. The molecule has 8 nitrogen and oxygen atoms in total. The van der Waals surface area contributed by atoms with Crippen LogP contribution in [0.1, 0.15) is 5.76 Å². The van der Waals surface area contributed by atoms with Crippen molar-refractivity contribution in [2.24, 2.45) is 0 Å². The average Bonchev–Trinajstić information content (AvgIpc) is 3.48.